The first-order valence-electron chi connectivity index (χ1n) is 6.77. The molecule has 1 unspecified atom stereocenters. The lowest BCUT2D eigenvalue weighted by molar-refractivity contribution is 0.407. The molecule has 0 saturated carbocycles. The van der Waals surface area contributed by atoms with E-state index in [0.29, 0.717) is 0 Å². The number of rotatable bonds is 5. The van der Waals surface area contributed by atoms with Crippen LogP contribution in [0.2, 0.25) is 0 Å². The van der Waals surface area contributed by atoms with Gasteiger partial charge in [-0.2, -0.15) is 0 Å². The molecule has 20 heavy (non-hydrogen) atoms. The highest BCUT2D eigenvalue weighted by molar-refractivity contribution is 5.61. The van der Waals surface area contributed by atoms with Crippen LogP contribution in [0.4, 0.5) is 0 Å². The van der Waals surface area contributed by atoms with Gasteiger partial charge in [0.1, 0.15) is 5.75 Å². The standard InChI is InChI=1S/C17H20N2O/c1-13-8-9-15(19-12-13)10-11-18-14(2)16-6-4-5-7-17(16)20-3/h4-9,11-12,14H,10H2,1-3H3. The zero-order valence-electron chi connectivity index (χ0n) is 12.2. The minimum atomic E-state index is 0.0802. The second-order valence-corrected chi connectivity index (χ2v) is 4.78. The van der Waals surface area contributed by atoms with Gasteiger partial charge in [-0.1, -0.05) is 24.3 Å². The Bertz CT molecular complexity index is 576. The Hall–Kier alpha value is -2.16. The van der Waals surface area contributed by atoms with Gasteiger partial charge in [-0.05, 0) is 31.5 Å². The minimum Gasteiger partial charge on any atom is -0.496 e. The summed E-state index contributed by atoms with van der Waals surface area (Å²) in [5.74, 6) is 0.880. The zero-order valence-corrected chi connectivity index (χ0v) is 12.2. The van der Waals surface area contributed by atoms with Crippen LogP contribution in [-0.4, -0.2) is 18.3 Å². The molecule has 0 spiro atoms. The molecule has 0 fully saturated rings. The van der Waals surface area contributed by atoms with E-state index >= 15 is 0 Å². The summed E-state index contributed by atoms with van der Waals surface area (Å²) in [4.78, 5) is 8.94. The van der Waals surface area contributed by atoms with Gasteiger partial charge in [0.15, 0.2) is 0 Å². The SMILES string of the molecule is COc1ccccc1C(C)N=CCc1ccc(C)cn1. The number of methoxy groups -OCH3 is 1. The van der Waals surface area contributed by atoms with Crippen molar-refractivity contribution in [2.75, 3.05) is 7.11 Å². The molecule has 0 amide bonds. The molecule has 0 saturated heterocycles. The van der Waals surface area contributed by atoms with Gasteiger partial charge < -0.3 is 4.74 Å². The average Bonchev–Trinajstić information content (AvgIpc) is 2.49. The van der Waals surface area contributed by atoms with Gasteiger partial charge in [0, 0.05) is 30.1 Å². The third kappa shape index (κ3) is 3.67. The molecule has 1 heterocycles. The molecule has 2 rings (SSSR count). The fraction of sp³-hybridized carbons (Fsp3) is 0.294. The van der Waals surface area contributed by atoms with E-state index in [1.165, 1.54) is 5.56 Å². The Morgan fingerprint density at radius 1 is 1.25 bits per heavy atom. The lowest BCUT2D eigenvalue weighted by atomic mass is 10.1. The summed E-state index contributed by atoms with van der Waals surface area (Å²) in [5.41, 5.74) is 3.31. The molecule has 0 aliphatic carbocycles. The van der Waals surface area contributed by atoms with Crippen LogP contribution in [0.15, 0.2) is 47.6 Å². The van der Waals surface area contributed by atoms with Crippen molar-refractivity contribution in [3.05, 3.63) is 59.4 Å². The maximum Gasteiger partial charge on any atom is 0.124 e. The molecule has 3 heteroatoms. The molecule has 0 bridgehead atoms. The molecule has 1 aromatic carbocycles. The highest BCUT2D eigenvalue weighted by atomic mass is 16.5. The second kappa shape index (κ2) is 6.85. The predicted octanol–water partition coefficient (Wildman–Crippen LogP) is 3.77. The highest BCUT2D eigenvalue weighted by Gasteiger charge is 2.08. The molecular formula is C17H20N2O. The number of para-hydroxylation sites is 1. The number of ether oxygens (including phenoxy) is 1. The minimum absolute atomic E-state index is 0.0802. The molecule has 0 N–H and O–H groups in total. The van der Waals surface area contributed by atoms with Gasteiger partial charge in [0.25, 0.3) is 0 Å². The van der Waals surface area contributed by atoms with Crippen molar-refractivity contribution < 1.29 is 4.74 Å². The molecule has 0 radical (unpaired) electrons. The summed E-state index contributed by atoms with van der Waals surface area (Å²) in [6, 6.07) is 12.2. The van der Waals surface area contributed by atoms with Crippen molar-refractivity contribution in [1.82, 2.24) is 4.98 Å². The third-order valence-corrected chi connectivity index (χ3v) is 3.19. The van der Waals surface area contributed by atoms with Crippen molar-refractivity contribution in [2.24, 2.45) is 4.99 Å². The van der Waals surface area contributed by atoms with Crippen molar-refractivity contribution in [3.8, 4) is 5.75 Å². The van der Waals surface area contributed by atoms with Gasteiger partial charge in [-0.15, -0.1) is 0 Å². The van der Waals surface area contributed by atoms with E-state index in [4.69, 9.17) is 4.74 Å². The Kier molecular flexibility index (Phi) is 4.88. The quantitative estimate of drug-likeness (QED) is 0.773. The van der Waals surface area contributed by atoms with Crippen molar-refractivity contribution in [3.63, 3.8) is 0 Å². The number of aromatic nitrogens is 1. The van der Waals surface area contributed by atoms with E-state index in [9.17, 15) is 0 Å². The van der Waals surface area contributed by atoms with Crippen molar-refractivity contribution >= 4 is 6.21 Å². The largest absolute Gasteiger partial charge is 0.496 e. The highest BCUT2D eigenvalue weighted by Crippen LogP contribution is 2.26. The summed E-state index contributed by atoms with van der Waals surface area (Å²) in [5, 5.41) is 0. The molecule has 0 aliphatic heterocycles. The zero-order chi connectivity index (χ0) is 14.4. The number of nitrogens with zero attached hydrogens (tertiary/aromatic N) is 2. The molecule has 1 atom stereocenters. The van der Waals surface area contributed by atoms with Crippen LogP contribution in [-0.2, 0) is 6.42 Å². The number of pyridine rings is 1. The smallest absolute Gasteiger partial charge is 0.124 e. The van der Waals surface area contributed by atoms with Gasteiger partial charge >= 0.3 is 0 Å². The first kappa shape index (κ1) is 14.3. The van der Waals surface area contributed by atoms with E-state index in [1.807, 2.05) is 49.7 Å². The van der Waals surface area contributed by atoms with Crippen molar-refractivity contribution in [1.29, 1.82) is 0 Å². The Morgan fingerprint density at radius 3 is 2.75 bits per heavy atom. The number of aliphatic imine (C=N–C) groups is 1. The van der Waals surface area contributed by atoms with Crippen LogP contribution in [0, 0.1) is 6.92 Å². The number of hydrogen-bond acceptors (Lipinski definition) is 3. The summed E-state index contributed by atoms with van der Waals surface area (Å²) >= 11 is 0. The summed E-state index contributed by atoms with van der Waals surface area (Å²) in [6.07, 6.45) is 4.56. The molecule has 2 aromatic rings. The molecule has 3 nitrogen and oxygen atoms in total. The molecule has 0 aliphatic rings. The fourth-order valence-electron chi connectivity index (χ4n) is 2.02. The Balaban J connectivity index is 2.02. The van der Waals surface area contributed by atoms with E-state index in [0.717, 1.165) is 23.4 Å². The van der Waals surface area contributed by atoms with Crippen LogP contribution in [0.5, 0.6) is 5.75 Å². The summed E-state index contributed by atoms with van der Waals surface area (Å²) in [6.45, 7) is 4.10. The van der Waals surface area contributed by atoms with E-state index in [-0.39, 0.29) is 6.04 Å². The van der Waals surface area contributed by atoms with Crippen LogP contribution in [0.25, 0.3) is 0 Å². The maximum atomic E-state index is 5.36. The Morgan fingerprint density at radius 2 is 2.05 bits per heavy atom. The monoisotopic (exact) mass is 268 g/mol. The Labute approximate surface area is 120 Å². The fourth-order valence-corrected chi connectivity index (χ4v) is 2.02. The average molecular weight is 268 g/mol. The van der Waals surface area contributed by atoms with Gasteiger partial charge in [-0.25, -0.2) is 0 Å². The first-order valence-corrected chi connectivity index (χ1v) is 6.77. The van der Waals surface area contributed by atoms with E-state index < -0.39 is 0 Å². The van der Waals surface area contributed by atoms with Crippen molar-refractivity contribution in [2.45, 2.75) is 26.3 Å². The second-order valence-electron chi connectivity index (χ2n) is 4.78. The molecular weight excluding hydrogens is 248 g/mol. The van der Waals surface area contributed by atoms with Crippen LogP contribution < -0.4 is 4.74 Å². The van der Waals surface area contributed by atoms with Crippen LogP contribution >= 0.6 is 0 Å². The summed E-state index contributed by atoms with van der Waals surface area (Å²) < 4.78 is 5.36. The van der Waals surface area contributed by atoms with Gasteiger partial charge in [0.05, 0.1) is 13.2 Å². The number of aryl methyl sites for hydroxylation is 1. The summed E-state index contributed by atoms with van der Waals surface area (Å²) in [7, 11) is 1.69. The van der Waals surface area contributed by atoms with E-state index in [1.54, 1.807) is 7.11 Å². The number of hydrogen-bond donors (Lipinski definition) is 0. The molecule has 1 aromatic heterocycles. The molecule has 104 valence electrons. The maximum absolute atomic E-state index is 5.36. The van der Waals surface area contributed by atoms with Crippen LogP contribution in [0.1, 0.15) is 29.8 Å². The van der Waals surface area contributed by atoms with Gasteiger partial charge in [0.2, 0.25) is 0 Å². The third-order valence-electron chi connectivity index (χ3n) is 3.19. The first-order chi connectivity index (χ1) is 9.70. The lowest BCUT2D eigenvalue weighted by Gasteiger charge is -2.11. The number of benzene rings is 1. The van der Waals surface area contributed by atoms with Crippen LogP contribution in [0.3, 0.4) is 0 Å². The predicted molar refractivity (Wildman–Crippen MR) is 82.6 cm³/mol. The van der Waals surface area contributed by atoms with Gasteiger partial charge in [-0.3, -0.25) is 9.98 Å². The van der Waals surface area contributed by atoms with E-state index in [2.05, 4.69) is 23.0 Å². The lowest BCUT2D eigenvalue weighted by Crippen LogP contribution is -1.97. The normalized spacial score (nSPS) is 12.6. The topological polar surface area (TPSA) is 34.5 Å².